The molecule has 0 amide bonds. The number of benzene rings is 1. The van der Waals surface area contributed by atoms with Gasteiger partial charge >= 0.3 is 0 Å². The molecule has 0 N–H and O–H groups in total. The van der Waals surface area contributed by atoms with Gasteiger partial charge in [0.05, 0.1) is 5.56 Å². The van der Waals surface area contributed by atoms with Crippen LogP contribution in [0.4, 0.5) is 17.6 Å². The van der Waals surface area contributed by atoms with Crippen molar-refractivity contribution in [2.24, 2.45) is 17.8 Å². The third kappa shape index (κ3) is 7.13. The number of hydrogen-bond donors (Lipinski definition) is 0. The Labute approximate surface area is 184 Å². The summed E-state index contributed by atoms with van der Waals surface area (Å²) in [5, 5.41) is 0. The first-order valence-corrected chi connectivity index (χ1v) is 12.0. The van der Waals surface area contributed by atoms with Crippen LogP contribution in [0.5, 0.6) is 0 Å². The highest BCUT2D eigenvalue weighted by atomic mass is 19.3. The average molecular weight is 435 g/mol. The van der Waals surface area contributed by atoms with E-state index in [-0.39, 0.29) is 23.3 Å². The quantitative estimate of drug-likeness (QED) is 0.238. The van der Waals surface area contributed by atoms with Crippen LogP contribution in [0, 0.1) is 41.2 Å². The van der Waals surface area contributed by atoms with Crippen LogP contribution in [0.2, 0.25) is 0 Å². The largest absolute Gasteiger partial charge is 0.266 e. The molecule has 0 bridgehead atoms. The maximum Gasteiger partial charge on any atom is 0.266 e. The standard InChI is InChI=1S/C27H34F4/c1-2-3-4-5-19-10-13-22(14-11-19)23-17-25(28)24(26(29)18-23)15-12-20-6-8-21(9-7-20)16-27(30)31/h16-22H,2-11,13-14H2,1H3. The van der Waals surface area contributed by atoms with Gasteiger partial charge in [0.1, 0.15) is 11.6 Å². The van der Waals surface area contributed by atoms with E-state index in [1.165, 1.54) is 37.8 Å². The van der Waals surface area contributed by atoms with Crippen molar-refractivity contribution < 1.29 is 17.6 Å². The van der Waals surface area contributed by atoms with Crippen molar-refractivity contribution in [3.05, 3.63) is 47.1 Å². The van der Waals surface area contributed by atoms with Gasteiger partial charge in [0, 0.05) is 5.92 Å². The Hall–Kier alpha value is -1.76. The fourth-order valence-electron chi connectivity index (χ4n) is 5.20. The van der Waals surface area contributed by atoms with E-state index in [0.29, 0.717) is 25.7 Å². The first-order valence-electron chi connectivity index (χ1n) is 12.0. The maximum absolute atomic E-state index is 14.7. The van der Waals surface area contributed by atoms with Crippen molar-refractivity contribution in [2.75, 3.05) is 0 Å². The first-order chi connectivity index (χ1) is 15.0. The van der Waals surface area contributed by atoms with Crippen LogP contribution in [0.1, 0.15) is 101 Å². The predicted molar refractivity (Wildman–Crippen MR) is 118 cm³/mol. The van der Waals surface area contributed by atoms with Crippen LogP contribution in [0.15, 0.2) is 24.3 Å². The average Bonchev–Trinajstić information content (AvgIpc) is 2.74. The van der Waals surface area contributed by atoms with Crippen molar-refractivity contribution in [1.82, 2.24) is 0 Å². The molecule has 2 aliphatic rings. The summed E-state index contributed by atoms with van der Waals surface area (Å²) in [5.74, 6) is 5.42. The summed E-state index contributed by atoms with van der Waals surface area (Å²) in [6.45, 7) is 2.22. The number of halogens is 4. The molecule has 2 aliphatic carbocycles. The van der Waals surface area contributed by atoms with E-state index in [4.69, 9.17) is 0 Å². The molecule has 0 atom stereocenters. The number of allylic oxidation sites excluding steroid dienone is 1. The van der Waals surface area contributed by atoms with Gasteiger partial charge in [0.15, 0.2) is 0 Å². The van der Waals surface area contributed by atoms with Crippen molar-refractivity contribution in [2.45, 2.75) is 89.9 Å². The zero-order valence-electron chi connectivity index (χ0n) is 18.5. The molecule has 31 heavy (non-hydrogen) atoms. The number of hydrogen-bond acceptors (Lipinski definition) is 0. The molecule has 1 aromatic rings. The zero-order chi connectivity index (χ0) is 22.2. The Bertz CT molecular complexity index is 773. The smallest absolute Gasteiger partial charge is 0.206 e. The van der Waals surface area contributed by atoms with Gasteiger partial charge < -0.3 is 0 Å². The minimum atomic E-state index is -1.64. The van der Waals surface area contributed by atoms with E-state index in [0.717, 1.165) is 43.2 Å². The fraction of sp³-hybridized carbons (Fsp3) is 0.630. The molecule has 170 valence electrons. The molecule has 2 saturated carbocycles. The number of unbranched alkanes of at least 4 members (excludes halogenated alkanes) is 2. The molecular weight excluding hydrogens is 400 g/mol. The summed E-state index contributed by atoms with van der Waals surface area (Å²) < 4.78 is 54.1. The van der Waals surface area contributed by atoms with E-state index in [2.05, 4.69) is 18.8 Å². The van der Waals surface area contributed by atoms with Crippen LogP contribution >= 0.6 is 0 Å². The van der Waals surface area contributed by atoms with Crippen molar-refractivity contribution in [1.29, 1.82) is 0 Å². The lowest BCUT2D eigenvalue weighted by Gasteiger charge is -2.29. The molecule has 0 spiro atoms. The van der Waals surface area contributed by atoms with E-state index in [1.807, 2.05) is 0 Å². The maximum atomic E-state index is 14.7. The fourth-order valence-corrected chi connectivity index (χ4v) is 5.20. The molecule has 0 nitrogen and oxygen atoms in total. The molecular formula is C27H34F4. The summed E-state index contributed by atoms with van der Waals surface area (Å²) in [6, 6.07) is 2.95. The lowest BCUT2D eigenvalue weighted by Crippen LogP contribution is -2.14. The summed E-state index contributed by atoms with van der Waals surface area (Å²) in [7, 11) is 0. The molecule has 0 saturated heterocycles. The van der Waals surface area contributed by atoms with Gasteiger partial charge in [-0.05, 0) is 92.9 Å². The van der Waals surface area contributed by atoms with Crippen molar-refractivity contribution >= 4 is 0 Å². The molecule has 0 radical (unpaired) electrons. The SMILES string of the molecule is CCCCCC1CCC(c2cc(F)c(C#CC3CCC(C=C(F)F)CC3)c(F)c2)CC1. The van der Waals surface area contributed by atoms with Gasteiger partial charge in [-0.3, -0.25) is 0 Å². The lowest BCUT2D eigenvalue weighted by molar-refractivity contribution is 0.302. The second-order valence-electron chi connectivity index (χ2n) is 9.41. The normalized spacial score (nSPS) is 26.1. The molecule has 3 rings (SSSR count). The van der Waals surface area contributed by atoms with Crippen LogP contribution in [0.3, 0.4) is 0 Å². The van der Waals surface area contributed by atoms with Gasteiger partial charge in [-0.25, -0.2) is 8.78 Å². The van der Waals surface area contributed by atoms with E-state index in [1.54, 1.807) is 0 Å². The van der Waals surface area contributed by atoms with Crippen LogP contribution in [-0.4, -0.2) is 0 Å². The molecule has 4 heteroatoms. The minimum absolute atomic E-state index is 0.00813. The summed E-state index contributed by atoms with van der Waals surface area (Å²) in [4.78, 5) is 0. The third-order valence-electron chi connectivity index (χ3n) is 7.13. The third-order valence-corrected chi connectivity index (χ3v) is 7.13. The molecule has 1 aromatic carbocycles. The Kier molecular flexibility index (Phi) is 9.05. The van der Waals surface area contributed by atoms with Crippen molar-refractivity contribution in [3.63, 3.8) is 0 Å². The molecule has 2 fully saturated rings. The van der Waals surface area contributed by atoms with Crippen LogP contribution in [0.25, 0.3) is 0 Å². The van der Waals surface area contributed by atoms with Crippen molar-refractivity contribution in [3.8, 4) is 11.8 Å². The van der Waals surface area contributed by atoms with Crippen LogP contribution in [-0.2, 0) is 0 Å². The zero-order valence-corrected chi connectivity index (χ0v) is 18.5. The topological polar surface area (TPSA) is 0 Å². The highest BCUT2D eigenvalue weighted by Gasteiger charge is 2.24. The minimum Gasteiger partial charge on any atom is -0.206 e. The molecule has 0 aliphatic heterocycles. The Morgan fingerprint density at radius 2 is 1.58 bits per heavy atom. The highest BCUT2D eigenvalue weighted by molar-refractivity contribution is 5.40. The first kappa shape index (κ1) is 23.9. The Morgan fingerprint density at radius 3 is 2.16 bits per heavy atom. The second kappa shape index (κ2) is 11.7. The predicted octanol–water partition coefficient (Wildman–Crippen LogP) is 8.76. The van der Waals surface area contributed by atoms with Gasteiger partial charge in [0.25, 0.3) is 6.08 Å². The summed E-state index contributed by atoms with van der Waals surface area (Å²) in [5.41, 5.74) is 0.599. The Morgan fingerprint density at radius 1 is 0.935 bits per heavy atom. The van der Waals surface area contributed by atoms with E-state index >= 15 is 0 Å². The van der Waals surface area contributed by atoms with E-state index < -0.39 is 17.7 Å². The van der Waals surface area contributed by atoms with E-state index in [9.17, 15) is 17.6 Å². The summed E-state index contributed by atoms with van der Waals surface area (Å²) >= 11 is 0. The molecule has 0 aromatic heterocycles. The molecule has 0 unspecified atom stereocenters. The van der Waals surface area contributed by atoms with Gasteiger partial charge in [-0.1, -0.05) is 44.4 Å². The lowest BCUT2D eigenvalue weighted by atomic mass is 9.77. The Balaban J connectivity index is 1.57. The van der Waals surface area contributed by atoms with Crippen LogP contribution < -0.4 is 0 Å². The monoisotopic (exact) mass is 434 g/mol. The van der Waals surface area contributed by atoms with Gasteiger partial charge in [0.2, 0.25) is 0 Å². The van der Waals surface area contributed by atoms with Gasteiger partial charge in [-0.2, -0.15) is 8.78 Å². The number of rotatable bonds is 6. The highest BCUT2D eigenvalue weighted by Crippen LogP contribution is 2.38. The second-order valence-corrected chi connectivity index (χ2v) is 9.41. The van der Waals surface area contributed by atoms with Gasteiger partial charge in [-0.15, -0.1) is 0 Å². The molecule has 0 heterocycles. The summed E-state index contributed by atoms with van der Waals surface area (Å²) in [6.07, 6.45) is 11.4.